The zero-order valence-electron chi connectivity index (χ0n) is 15.3. The van der Waals surface area contributed by atoms with Crippen LogP contribution in [-0.4, -0.2) is 17.7 Å². The number of amides is 1. The molecule has 0 aromatic heterocycles. The van der Waals surface area contributed by atoms with Gasteiger partial charge in [0.15, 0.2) is 11.5 Å². The number of carbonyl (C=O) groups is 1. The molecule has 0 spiro atoms. The van der Waals surface area contributed by atoms with Gasteiger partial charge in [0.1, 0.15) is 0 Å². The van der Waals surface area contributed by atoms with E-state index >= 15 is 0 Å². The Morgan fingerprint density at radius 1 is 0.966 bits per heavy atom. The normalized spacial score (nSPS) is 17.1. The fourth-order valence-corrected chi connectivity index (χ4v) is 3.62. The highest BCUT2D eigenvalue weighted by molar-refractivity contribution is 6.30. The van der Waals surface area contributed by atoms with Crippen molar-refractivity contribution < 1.29 is 14.3 Å². The maximum atomic E-state index is 13.3. The van der Waals surface area contributed by atoms with Crippen LogP contribution in [0.4, 0.5) is 0 Å². The molecule has 0 saturated carbocycles. The van der Waals surface area contributed by atoms with Crippen LogP contribution in [-0.2, 0) is 0 Å². The van der Waals surface area contributed by atoms with Gasteiger partial charge in [0.25, 0.3) is 5.91 Å². The van der Waals surface area contributed by atoms with Gasteiger partial charge in [0.2, 0.25) is 6.79 Å². The summed E-state index contributed by atoms with van der Waals surface area (Å²) < 4.78 is 10.9. The van der Waals surface area contributed by atoms with E-state index in [1.54, 1.807) is 29.3 Å². The van der Waals surface area contributed by atoms with Gasteiger partial charge in [0.05, 0.1) is 11.7 Å². The molecule has 1 N–H and O–H groups in total. The quantitative estimate of drug-likeness (QED) is 0.680. The van der Waals surface area contributed by atoms with Crippen molar-refractivity contribution in [1.29, 1.82) is 0 Å². The fraction of sp³-hybridized carbons (Fsp3) is 0.0870. The molecule has 1 amide bonds. The Hall–Kier alpha value is -3.44. The topological polar surface area (TPSA) is 50.8 Å². The van der Waals surface area contributed by atoms with Gasteiger partial charge in [-0.1, -0.05) is 48.0 Å². The Bertz CT molecular complexity index is 1100. The lowest BCUT2D eigenvalue weighted by atomic mass is 10.0. The third kappa shape index (κ3) is 3.30. The average Bonchev–Trinajstić information content (AvgIpc) is 3.41. The molecule has 144 valence electrons. The van der Waals surface area contributed by atoms with Crippen LogP contribution in [0, 0.1) is 0 Å². The summed E-state index contributed by atoms with van der Waals surface area (Å²) in [6.45, 7) is 0.209. The number of rotatable bonds is 3. The van der Waals surface area contributed by atoms with Gasteiger partial charge in [-0.15, -0.1) is 0 Å². The number of benzene rings is 3. The van der Waals surface area contributed by atoms with Gasteiger partial charge in [0, 0.05) is 10.6 Å². The largest absolute Gasteiger partial charge is 0.454 e. The Morgan fingerprint density at radius 3 is 2.52 bits per heavy atom. The van der Waals surface area contributed by atoms with E-state index in [0.29, 0.717) is 22.1 Å². The SMILES string of the molecule is O=C(c1ccc(Cl)cc1)N1NC(c2ccccc2)=CC1c1ccc2c(c1)OCO2. The Morgan fingerprint density at radius 2 is 1.72 bits per heavy atom. The third-order valence-corrected chi connectivity index (χ3v) is 5.23. The minimum Gasteiger partial charge on any atom is -0.454 e. The molecule has 0 bridgehead atoms. The molecular weight excluding hydrogens is 388 g/mol. The van der Waals surface area contributed by atoms with E-state index in [0.717, 1.165) is 16.8 Å². The molecule has 0 fully saturated rings. The van der Waals surface area contributed by atoms with Crippen molar-refractivity contribution in [2.45, 2.75) is 6.04 Å². The van der Waals surface area contributed by atoms with Crippen LogP contribution in [0.3, 0.4) is 0 Å². The molecule has 0 saturated heterocycles. The van der Waals surface area contributed by atoms with Crippen LogP contribution in [0.15, 0.2) is 78.9 Å². The second kappa shape index (κ2) is 7.18. The molecule has 2 aliphatic rings. The number of nitrogens with zero attached hydrogens (tertiary/aromatic N) is 1. The number of fused-ring (bicyclic) bond motifs is 1. The van der Waals surface area contributed by atoms with Crippen LogP contribution in [0.5, 0.6) is 11.5 Å². The van der Waals surface area contributed by atoms with Crippen molar-refractivity contribution in [3.63, 3.8) is 0 Å². The number of hydrazine groups is 1. The fourth-order valence-electron chi connectivity index (χ4n) is 3.50. The molecule has 5 rings (SSSR count). The number of hydrogen-bond donors (Lipinski definition) is 1. The van der Waals surface area contributed by atoms with E-state index in [4.69, 9.17) is 21.1 Å². The van der Waals surface area contributed by atoms with Crippen molar-refractivity contribution in [2.75, 3.05) is 6.79 Å². The second-order valence-electron chi connectivity index (χ2n) is 6.80. The lowest BCUT2D eigenvalue weighted by Gasteiger charge is -2.26. The van der Waals surface area contributed by atoms with Crippen molar-refractivity contribution in [1.82, 2.24) is 10.4 Å². The average molecular weight is 405 g/mol. The highest BCUT2D eigenvalue weighted by Gasteiger charge is 2.32. The van der Waals surface area contributed by atoms with Gasteiger partial charge in [-0.2, -0.15) is 0 Å². The van der Waals surface area contributed by atoms with Gasteiger partial charge in [-0.25, -0.2) is 5.01 Å². The first kappa shape index (κ1) is 17.6. The Labute approximate surface area is 173 Å². The summed E-state index contributed by atoms with van der Waals surface area (Å²) in [6.07, 6.45) is 2.04. The summed E-state index contributed by atoms with van der Waals surface area (Å²) in [5, 5.41) is 2.22. The van der Waals surface area contributed by atoms with Crippen LogP contribution in [0.1, 0.15) is 27.5 Å². The zero-order valence-corrected chi connectivity index (χ0v) is 16.1. The number of halogens is 1. The summed E-state index contributed by atoms with van der Waals surface area (Å²) >= 11 is 5.98. The maximum absolute atomic E-state index is 13.3. The summed E-state index contributed by atoms with van der Waals surface area (Å²) in [6, 6.07) is 22.2. The van der Waals surface area contributed by atoms with Gasteiger partial charge < -0.3 is 9.47 Å². The molecule has 3 aromatic rings. The first-order valence-corrected chi connectivity index (χ1v) is 9.59. The van der Waals surface area contributed by atoms with E-state index < -0.39 is 0 Å². The zero-order chi connectivity index (χ0) is 19.8. The van der Waals surface area contributed by atoms with Gasteiger partial charge >= 0.3 is 0 Å². The van der Waals surface area contributed by atoms with E-state index in [2.05, 4.69) is 5.43 Å². The molecule has 0 aliphatic carbocycles. The monoisotopic (exact) mass is 404 g/mol. The molecule has 29 heavy (non-hydrogen) atoms. The highest BCUT2D eigenvalue weighted by Crippen LogP contribution is 2.38. The first-order chi connectivity index (χ1) is 14.2. The van der Waals surface area contributed by atoms with Crippen molar-refractivity contribution in [3.05, 3.63) is 101 Å². The van der Waals surface area contributed by atoms with Crippen molar-refractivity contribution in [3.8, 4) is 11.5 Å². The summed E-state index contributed by atoms with van der Waals surface area (Å²) in [5.41, 5.74) is 6.63. The van der Waals surface area contributed by atoms with E-state index in [9.17, 15) is 4.79 Å². The number of hydrogen-bond acceptors (Lipinski definition) is 4. The van der Waals surface area contributed by atoms with Crippen LogP contribution < -0.4 is 14.9 Å². The van der Waals surface area contributed by atoms with Crippen molar-refractivity contribution in [2.24, 2.45) is 0 Å². The van der Waals surface area contributed by atoms with E-state index in [-0.39, 0.29) is 18.7 Å². The maximum Gasteiger partial charge on any atom is 0.273 e. The van der Waals surface area contributed by atoms with Crippen LogP contribution in [0.25, 0.3) is 5.70 Å². The number of carbonyl (C=O) groups excluding carboxylic acids is 1. The van der Waals surface area contributed by atoms with Gasteiger partial charge in [-0.3, -0.25) is 10.2 Å². The van der Waals surface area contributed by atoms with Gasteiger partial charge in [-0.05, 0) is 53.6 Å². The molecule has 2 aliphatic heterocycles. The third-order valence-electron chi connectivity index (χ3n) is 4.98. The van der Waals surface area contributed by atoms with E-state index in [1.165, 1.54) is 0 Å². The molecule has 1 unspecified atom stereocenters. The molecule has 6 heteroatoms. The predicted molar refractivity (Wildman–Crippen MR) is 110 cm³/mol. The Kier molecular flexibility index (Phi) is 4.37. The standard InChI is InChI=1S/C23H17ClN2O3/c24-18-9-6-16(7-10-18)23(27)26-20(13-19(25-26)15-4-2-1-3-5-15)17-8-11-21-22(12-17)29-14-28-21/h1-13,20,25H,14H2. The highest BCUT2D eigenvalue weighted by atomic mass is 35.5. The van der Waals surface area contributed by atoms with E-state index in [1.807, 2.05) is 54.6 Å². The molecule has 3 aromatic carbocycles. The molecule has 1 atom stereocenters. The first-order valence-electron chi connectivity index (χ1n) is 9.21. The second-order valence-corrected chi connectivity index (χ2v) is 7.23. The lowest BCUT2D eigenvalue weighted by molar-refractivity contribution is 0.0672. The van der Waals surface area contributed by atoms with Crippen LogP contribution >= 0.6 is 11.6 Å². The summed E-state index contributed by atoms with van der Waals surface area (Å²) in [4.78, 5) is 13.3. The summed E-state index contributed by atoms with van der Waals surface area (Å²) in [7, 11) is 0. The molecule has 5 nitrogen and oxygen atoms in total. The number of ether oxygens (including phenoxy) is 2. The van der Waals surface area contributed by atoms with Crippen LogP contribution in [0.2, 0.25) is 5.02 Å². The predicted octanol–water partition coefficient (Wildman–Crippen LogP) is 4.81. The Balaban J connectivity index is 1.54. The minimum atomic E-state index is -0.303. The van der Waals surface area contributed by atoms with Crippen molar-refractivity contribution >= 4 is 23.2 Å². The number of nitrogens with one attached hydrogen (secondary N) is 1. The summed E-state index contributed by atoms with van der Waals surface area (Å²) in [5.74, 6) is 1.25. The minimum absolute atomic E-state index is 0.147. The molecular formula is C23H17ClN2O3. The smallest absolute Gasteiger partial charge is 0.273 e. The molecule has 2 heterocycles. The lowest BCUT2D eigenvalue weighted by Crippen LogP contribution is -2.39. The molecule has 0 radical (unpaired) electrons.